The fourth-order valence-corrected chi connectivity index (χ4v) is 4.03. The molecular weight excluding hydrogens is 242 g/mol. The molecule has 2 aliphatic carbocycles. The lowest BCUT2D eigenvalue weighted by Crippen LogP contribution is -2.54. The zero-order valence-electron chi connectivity index (χ0n) is 10.9. The number of pyridine rings is 1. The van der Waals surface area contributed by atoms with Gasteiger partial charge >= 0.3 is 0 Å². The SMILES string of the molecule is OC(c1cccnc1)C(O)C1(O)[C@@H]2CCC[C@H]1CC2. The molecule has 3 N–H and O–H groups in total. The van der Waals surface area contributed by atoms with Gasteiger partial charge in [0.05, 0.1) is 5.60 Å². The standard InChI is InChI=1S/C15H21NO3/c17-13(10-3-2-8-16-9-10)14(18)15(19)11-4-1-5-12(15)7-6-11/h2-3,8-9,11-14,17-19H,1,4-7H2/t11-,12+,13?,14?,15?. The Labute approximate surface area is 113 Å². The highest BCUT2D eigenvalue weighted by Crippen LogP contribution is 2.52. The average molecular weight is 263 g/mol. The van der Waals surface area contributed by atoms with Crippen molar-refractivity contribution in [1.29, 1.82) is 0 Å². The number of nitrogens with zero attached hydrogens (tertiary/aromatic N) is 1. The minimum Gasteiger partial charge on any atom is -0.387 e. The molecule has 1 aromatic heterocycles. The van der Waals surface area contributed by atoms with Gasteiger partial charge in [-0.25, -0.2) is 0 Å². The zero-order valence-corrected chi connectivity index (χ0v) is 10.9. The Hall–Kier alpha value is -0.970. The van der Waals surface area contributed by atoms with Crippen molar-refractivity contribution in [2.45, 2.75) is 49.9 Å². The van der Waals surface area contributed by atoms with Crippen LogP contribution >= 0.6 is 0 Å². The van der Waals surface area contributed by atoms with Gasteiger partial charge in [-0.05, 0) is 43.6 Å². The summed E-state index contributed by atoms with van der Waals surface area (Å²) in [4.78, 5) is 3.96. The molecule has 4 nitrogen and oxygen atoms in total. The molecule has 2 saturated carbocycles. The largest absolute Gasteiger partial charge is 0.387 e. The van der Waals surface area contributed by atoms with Gasteiger partial charge in [0.25, 0.3) is 0 Å². The number of aliphatic hydroxyl groups excluding tert-OH is 2. The zero-order chi connectivity index (χ0) is 13.5. The molecule has 0 spiro atoms. The lowest BCUT2D eigenvalue weighted by Gasteiger charge is -2.44. The molecule has 4 heteroatoms. The molecule has 19 heavy (non-hydrogen) atoms. The van der Waals surface area contributed by atoms with Crippen molar-refractivity contribution in [3.8, 4) is 0 Å². The summed E-state index contributed by atoms with van der Waals surface area (Å²) in [5.41, 5.74) is -0.568. The lowest BCUT2D eigenvalue weighted by molar-refractivity contribution is -0.178. The summed E-state index contributed by atoms with van der Waals surface area (Å²) in [6, 6.07) is 3.46. The second-order valence-corrected chi connectivity index (χ2v) is 5.97. The highest BCUT2D eigenvalue weighted by atomic mass is 16.4. The highest BCUT2D eigenvalue weighted by molar-refractivity contribution is 5.17. The van der Waals surface area contributed by atoms with E-state index in [9.17, 15) is 15.3 Å². The molecule has 3 rings (SSSR count). The van der Waals surface area contributed by atoms with E-state index in [0.29, 0.717) is 5.56 Å². The fraction of sp³-hybridized carbons (Fsp3) is 0.667. The average Bonchev–Trinajstić information content (AvgIpc) is 2.66. The van der Waals surface area contributed by atoms with Crippen molar-refractivity contribution in [2.75, 3.05) is 0 Å². The number of aliphatic hydroxyl groups is 3. The number of aromatic nitrogens is 1. The maximum atomic E-state index is 10.9. The number of rotatable bonds is 3. The van der Waals surface area contributed by atoms with Gasteiger partial charge in [-0.1, -0.05) is 12.5 Å². The van der Waals surface area contributed by atoms with E-state index in [0.717, 1.165) is 32.1 Å². The molecular formula is C15H21NO3. The maximum absolute atomic E-state index is 10.9. The number of hydrogen-bond donors (Lipinski definition) is 3. The quantitative estimate of drug-likeness (QED) is 0.771. The third-order valence-electron chi connectivity index (χ3n) is 5.08. The topological polar surface area (TPSA) is 73.6 Å². The van der Waals surface area contributed by atoms with Crippen molar-refractivity contribution in [2.24, 2.45) is 11.8 Å². The van der Waals surface area contributed by atoms with Crippen LogP contribution in [0, 0.1) is 11.8 Å². The molecule has 0 amide bonds. The van der Waals surface area contributed by atoms with Crippen LogP contribution in [0.5, 0.6) is 0 Å². The maximum Gasteiger partial charge on any atom is 0.113 e. The normalized spacial score (nSPS) is 37.0. The molecule has 5 atom stereocenters. The van der Waals surface area contributed by atoms with Crippen LogP contribution < -0.4 is 0 Å². The molecule has 2 bridgehead atoms. The first-order valence-electron chi connectivity index (χ1n) is 7.12. The van der Waals surface area contributed by atoms with Gasteiger partial charge in [-0.3, -0.25) is 4.98 Å². The molecule has 0 saturated heterocycles. The van der Waals surface area contributed by atoms with Crippen LogP contribution in [-0.4, -0.2) is 32.0 Å². The van der Waals surface area contributed by atoms with E-state index < -0.39 is 17.8 Å². The summed E-state index contributed by atoms with van der Waals surface area (Å²) < 4.78 is 0. The van der Waals surface area contributed by atoms with Gasteiger partial charge in [-0.2, -0.15) is 0 Å². The van der Waals surface area contributed by atoms with Crippen LogP contribution in [0.2, 0.25) is 0 Å². The van der Waals surface area contributed by atoms with Crippen LogP contribution in [0.25, 0.3) is 0 Å². The predicted molar refractivity (Wildman–Crippen MR) is 70.2 cm³/mol. The van der Waals surface area contributed by atoms with E-state index in [1.165, 1.54) is 0 Å². The van der Waals surface area contributed by atoms with E-state index in [1.807, 2.05) is 0 Å². The molecule has 2 fully saturated rings. The molecule has 0 radical (unpaired) electrons. The van der Waals surface area contributed by atoms with E-state index in [1.54, 1.807) is 24.5 Å². The second kappa shape index (κ2) is 4.85. The van der Waals surface area contributed by atoms with Gasteiger partial charge < -0.3 is 15.3 Å². The summed E-state index contributed by atoms with van der Waals surface area (Å²) in [7, 11) is 0. The Morgan fingerprint density at radius 3 is 2.42 bits per heavy atom. The van der Waals surface area contributed by atoms with Gasteiger partial charge in [-0.15, -0.1) is 0 Å². The lowest BCUT2D eigenvalue weighted by atomic mass is 9.69. The van der Waals surface area contributed by atoms with Crippen molar-refractivity contribution in [3.05, 3.63) is 30.1 Å². The molecule has 104 valence electrons. The predicted octanol–water partition coefficient (Wildman–Crippen LogP) is 1.42. The molecule has 1 heterocycles. The minimum absolute atomic E-state index is 0.118. The summed E-state index contributed by atoms with van der Waals surface area (Å²) in [6.45, 7) is 0. The Morgan fingerprint density at radius 1 is 1.16 bits per heavy atom. The Balaban J connectivity index is 1.85. The Bertz CT molecular complexity index is 420. The smallest absolute Gasteiger partial charge is 0.113 e. The summed E-state index contributed by atoms with van der Waals surface area (Å²) in [6.07, 6.45) is 5.90. The van der Waals surface area contributed by atoms with Crippen molar-refractivity contribution < 1.29 is 15.3 Å². The van der Waals surface area contributed by atoms with E-state index >= 15 is 0 Å². The van der Waals surface area contributed by atoms with Gasteiger partial charge in [0.1, 0.15) is 12.2 Å². The Kier molecular flexibility index (Phi) is 3.33. The summed E-state index contributed by atoms with van der Waals surface area (Å²) in [5.74, 6) is 0.236. The summed E-state index contributed by atoms with van der Waals surface area (Å²) >= 11 is 0. The van der Waals surface area contributed by atoms with Crippen LogP contribution in [0.4, 0.5) is 0 Å². The minimum atomic E-state index is -1.13. The molecule has 0 aromatic carbocycles. The van der Waals surface area contributed by atoms with Gasteiger partial charge in [0.15, 0.2) is 0 Å². The van der Waals surface area contributed by atoms with Crippen molar-refractivity contribution in [1.82, 2.24) is 4.98 Å². The number of fused-ring (bicyclic) bond motifs is 2. The van der Waals surface area contributed by atoms with E-state index in [2.05, 4.69) is 4.98 Å². The van der Waals surface area contributed by atoms with Crippen LogP contribution in [0.1, 0.15) is 43.8 Å². The second-order valence-electron chi connectivity index (χ2n) is 5.97. The first-order chi connectivity index (χ1) is 9.14. The van der Waals surface area contributed by atoms with Crippen molar-refractivity contribution in [3.63, 3.8) is 0 Å². The van der Waals surface area contributed by atoms with Crippen LogP contribution in [0.3, 0.4) is 0 Å². The number of hydrogen-bond acceptors (Lipinski definition) is 4. The molecule has 3 unspecified atom stereocenters. The van der Waals surface area contributed by atoms with Crippen LogP contribution in [0.15, 0.2) is 24.5 Å². The van der Waals surface area contributed by atoms with Crippen molar-refractivity contribution >= 4 is 0 Å². The molecule has 0 aliphatic heterocycles. The first kappa shape index (κ1) is 13.0. The van der Waals surface area contributed by atoms with E-state index in [-0.39, 0.29) is 11.8 Å². The van der Waals surface area contributed by atoms with Gasteiger partial charge in [0, 0.05) is 18.0 Å². The van der Waals surface area contributed by atoms with Crippen LogP contribution in [-0.2, 0) is 0 Å². The fourth-order valence-electron chi connectivity index (χ4n) is 4.03. The van der Waals surface area contributed by atoms with E-state index in [4.69, 9.17) is 0 Å². The third kappa shape index (κ3) is 1.98. The monoisotopic (exact) mass is 263 g/mol. The first-order valence-corrected chi connectivity index (χ1v) is 7.12. The Morgan fingerprint density at radius 2 is 1.84 bits per heavy atom. The summed E-state index contributed by atoms with van der Waals surface area (Å²) in [5, 5.41) is 31.8. The molecule has 1 aromatic rings. The molecule has 2 aliphatic rings. The van der Waals surface area contributed by atoms with Gasteiger partial charge in [0.2, 0.25) is 0 Å². The highest BCUT2D eigenvalue weighted by Gasteiger charge is 2.56. The third-order valence-corrected chi connectivity index (χ3v) is 5.08.